The van der Waals surface area contributed by atoms with E-state index in [9.17, 15) is 4.39 Å². The maximum Gasteiger partial charge on any atom is 0.125 e. The first-order valence-corrected chi connectivity index (χ1v) is 7.16. The molecule has 0 fully saturated rings. The molecule has 0 saturated heterocycles. The van der Waals surface area contributed by atoms with Crippen molar-refractivity contribution in [3.05, 3.63) is 65.7 Å². The Morgan fingerprint density at radius 2 is 1.90 bits per heavy atom. The lowest BCUT2D eigenvalue weighted by molar-refractivity contribution is 0.623. The highest BCUT2D eigenvalue weighted by Gasteiger charge is 2.09. The summed E-state index contributed by atoms with van der Waals surface area (Å²) in [6, 6.07) is 15.1. The Hall–Kier alpha value is -2.20. The van der Waals surface area contributed by atoms with Gasteiger partial charge in [0, 0.05) is 12.6 Å². The van der Waals surface area contributed by atoms with Crippen LogP contribution in [0.25, 0.3) is 11.0 Å². The van der Waals surface area contributed by atoms with Crippen LogP contribution in [0, 0.1) is 5.82 Å². The predicted octanol–water partition coefficient (Wildman–Crippen LogP) is 3.27. The van der Waals surface area contributed by atoms with Crippen LogP contribution in [0.3, 0.4) is 0 Å². The van der Waals surface area contributed by atoms with Crippen molar-refractivity contribution in [3.8, 4) is 0 Å². The van der Waals surface area contributed by atoms with Crippen LogP contribution < -0.4 is 5.73 Å². The zero-order valence-corrected chi connectivity index (χ0v) is 11.8. The summed E-state index contributed by atoms with van der Waals surface area (Å²) in [6.07, 6.45) is 2.01. The summed E-state index contributed by atoms with van der Waals surface area (Å²) >= 11 is 0. The van der Waals surface area contributed by atoms with Gasteiger partial charge in [0.2, 0.25) is 0 Å². The van der Waals surface area contributed by atoms with E-state index in [1.165, 1.54) is 17.7 Å². The fourth-order valence-electron chi connectivity index (χ4n) is 2.64. The van der Waals surface area contributed by atoms with Crippen LogP contribution in [0.1, 0.15) is 17.8 Å². The summed E-state index contributed by atoms with van der Waals surface area (Å²) in [7, 11) is 0. The van der Waals surface area contributed by atoms with E-state index in [-0.39, 0.29) is 5.82 Å². The van der Waals surface area contributed by atoms with Crippen LogP contribution in [0.15, 0.2) is 48.5 Å². The molecule has 3 nitrogen and oxygen atoms in total. The minimum atomic E-state index is -0.264. The fourth-order valence-corrected chi connectivity index (χ4v) is 2.64. The van der Waals surface area contributed by atoms with Gasteiger partial charge in [-0.2, -0.15) is 0 Å². The molecule has 0 aliphatic rings. The van der Waals surface area contributed by atoms with Crippen LogP contribution in [-0.4, -0.2) is 9.55 Å². The van der Waals surface area contributed by atoms with E-state index in [2.05, 4.69) is 33.8 Å². The van der Waals surface area contributed by atoms with Gasteiger partial charge in [0.25, 0.3) is 0 Å². The van der Waals surface area contributed by atoms with Gasteiger partial charge >= 0.3 is 0 Å². The molecule has 108 valence electrons. The number of rotatable bonds is 5. The number of aryl methyl sites for hydroxylation is 2. The molecule has 0 unspecified atom stereocenters. The van der Waals surface area contributed by atoms with Crippen molar-refractivity contribution < 1.29 is 4.39 Å². The number of hydrogen-bond donors (Lipinski definition) is 1. The van der Waals surface area contributed by atoms with Crippen molar-refractivity contribution in [2.75, 3.05) is 0 Å². The lowest BCUT2D eigenvalue weighted by atomic mass is 10.1. The van der Waals surface area contributed by atoms with E-state index in [1.807, 2.05) is 6.07 Å². The van der Waals surface area contributed by atoms with Crippen LogP contribution in [0.2, 0.25) is 0 Å². The van der Waals surface area contributed by atoms with E-state index in [0.29, 0.717) is 12.1 Å². The molecule has 0 radical (unpaired) electrons. The van der Waals surface area contributed by atoms with Crippen LogP contribution in [-0.2, 0) is 19.5 Å². The summed E-state index contributed by atoms with van der Waals surface area (Å²) in [5.74, 6) is 0.545. The van der Waals surface area contributed by atoms with Gasteiger partial charge < -0.3 is 10.3 Å². The third kappa shape index (κ3) is 2.95. The monoisotopic (exact) mass is 283 g/mol. The molecule has 0 aliphatic carbocycles. The molecular weight excluding hydrogens is 265 g/mol. The molecule has 3 rings (SSSR count). The van der Waals surface area contributed by atoms with E-state index in [1.54, 1.807) is 6.07 Å². The second kappa shape index (κ2) is 6.06. The highest BCUT2D eigenvalue weighted by molar-refractivity contribution is 5.76. The number of halogens is 1. The maximum absolute atomic E-state index is 13.3. The average molecular weight is 283 g/mol. The Balaban J connectivity index is 1.79. The zero-order chi connectivity index (χ0) is 14.7. The predicted molar refractivity (Wildman–Crippen MR) is 82.3 cm³/mol. The van der Waals surface area contributed by atoms with Gasteiger partial charge in [0.15, 0.2) is 0 Å². The van der Waals surface area contributed by atoms with E-state index >= 15 is 0 Å². The van der Waals surface area contributed by atoms with Crippen molar-refractivity contribution in [2.45, 2.75) is 25.9 Å². The molecule has 0 aliphatic heterocycles. The summed E-state index contributed by atoms with van der Waals surface area (Å²) in [4.78, 5) is 4.42. The topological polar surface area (TPSA) is 43.8 Å². The van der Waals surface area contributed by atoms with E-state index in [4.69, 9.17) is 5.73 Å². The number of benzene rings is 2. The summed E-state index contributed by atoms with van der Waals surface area (Å²) < 4.78 is 15.4. The summed E-state index contributed by atoms with van der Waals surface area (Å²) in [5.41, 5.74) is 8.70. The molecule has 0 spiro atoms. The molecule has 1 aromatic heterocycles. The highest BCUT2D eigenvalue weighted by atomic mass is 19.1. The minimum Gasteiger partial charge on any atom is -0.327 e. The molecule has 3 aromatic rings. The average Bonchev–Trinajstić information content (AvgIpc) is 2.85. The third-order valence-corrected chi connectivity index (χ3v) is 3.66. The first kappa shape index (κ1) is 13.8. The second-order valence-electron chi connectivity index (χ2n) is 5.11. The smallest absolute Gasteiger partial charge is 0.125 e. The first-order valence-electron chi connectivity index (χ1n) is 7.16. The van der Waals surface area contributed by atoms with Gasteiger partial charge in [-0.3, -0.25) is 0 Å². The van der Waals surface area contributed by atoms with E-state index < -0.39 is 0 Å². The van der Waals surface area contributed by atoms with Gasteiger partial charge in [-0.1, -0.05) is 30.3 Å². The number of fused-ring (bicyclic) bond motifs is 1. The molecule has 0 amide bonds. The molecule has 1 heterocycles. The van der Waals surface area contributed by atoms with Crippen LogP contribution in [0.4, 0.5) is 4.39 Å². The number of nitrogens with zero attached hydrogens (tertiary/aromatic N) is 2. The standard InChI is InChI=1S/C17H18FN3/c18-14-8-9-16-15(11-14)20-17(12-19)21(16)10-4-7-13-5-2-1-3-6-13/h1-3,5-6,8-9,11H,4,7,10,12,19H2. The van der Waals surface area contributed by atoms with Crippen molar-refractivity contribution in [1.29, 1.82) is 0 Å². The van der Waals surface area contributed by atoms with Crippen molar-refractivity contribution in [3.63, 3.8) is 0 Å². The van der Waals surface area contributed by atoms with Crippen molar-refractivity contribution >= 4 is 11.0 Å². The molecular formula is C17H18FN3. The Kier molecular flexibility index (Phi) is 3.97. The van der Waals surface area contributed by atoms with Crippen LogP contribution in [0.5, 0.6) is 0 Å². The Labute approximate surface area is 123 Å². The molecule has 4 heteroatoms. The molecule has 0 atom stereocenters. The fraction of sp³-hybridized carbons (Fsp3) is 0.235. The summed E-state index contributed by atoms with van der Waals surface area (Å²) in [5, 5.41) is 0. The first-order chi connectivity index (χ1) is 10.3. The van der Waals surface area contributed by atoms with Gasteiger partial charge in [-0.15, -0.1) is 0 Å². The molecule has 2 aromatic carbocycles. The number of nitrogens with two attached hydrogens (primary N) is 1. The van der Waals surface area contributed by atoms with Gasteiger partial charge in [-0.25, -0.2) is 9.37 Å². The lowest BCUT2D eigenvalue weighted by Gasteiger charge is -2.08. The largest absolute Gasteiger partial charge is 0.327 e. The number of hydrogen-bond acceptors (Lipinski definition) is 2. The van der Waals surface area contributed by atoms with Crippen molar-refractivity contribution in [2.24, 2.45) is 5.73 Å². The maximum atomic E-state index is 13.3. The number of aromatic nitrogens is 2. The Morgan fingerprint density at radius 3 is 2.67 bits per heavy atom. The lowest BCUT2D eigenvalue weighted by Crippen LogP contribution is -2.09. The quantitative estimate of drug-likeness (QED) is 0.781. The van der Waals surface area contributed by atoms with E-state index in [0.717, 1.165) is 30.7 Å². The van der Waals surface area contributed by atoms with Gasteiger partial charge in [0.1, 0.15) is 11.6 Å². The second-order valence-corrected chi connectivity index (χ2v) is 5.11. The highest BCUT2D eigenvalue weighted by Crippen LogP contribution is 2.18. The van der Waals surface area contributed by atoms with Gasteiger partial charge in [-0.05, 0) is 30.5 Å². The van der Waals surface area contributed by atoms with Crippen molar-refractivity contribution in [1.82, 2.24) is 9.55 Å². The normalized spacial score (nSPS) is 11.1. The Morgan fingerprint density at radius 1 is 1.10 bits per heavy atom. The molecule has 0 saturated carbocycles. The molecule has 0 bridgehead atoms. The molecule has 2 N–H and O–H groups in total. The minimum absolute atomic E-state index is 0.264. The number of imidazole rings is 1. The molecule has 21 heavy (non-hydrogen) atoms. The summed E-state index contributed by atoms with van der Waals surface area (Å²) in [6.45, 7) is 1.20. The SMILES string of the molecule is NCc1nc2cc(F)ccc2n1CCCc1ccccc1. The third-order valence-electron chi connectivity index (χ3n) is 3.66. The van der Waals surface area contributed by atoms with Gasteiger partial charge in [0.05, 0.1) is 17.6 Å². The zero-order valence-electron chi connectivity index (χ0n) is 11.8. The Bertz CT molecular complexity index is 734. The van der Waals surface area contributed by atoms with Crippen LogP contribution >= 0.6 is 0 Å².